The van der Waals surface area contributed by atoms with Crippen molar-refractivity contribution in [3.63, 3.8) is 0 Å². The Kier molecular flexibility index (Phi) is 7.84. The lowest BCUT2D eigenvalue weighted by Gasteiger charge is -2.20. The number of aliphatic hydroxyl groups is 1. The second-order valence-corrected chi connectivity index (χ2v) is 7.08. The highest BCUT2D eigenvalue weighted by atomic mass is 31.0. The molecule has 2 aromatic rings. The molecule has 1 aromatic heterocycles. The highest BCUT2D eigenvalue weighted by Crippen LogP contribution is 2.30. The molecule has 28 heavy (non-hydrogen) atoms. The SMILES string of the molecule is CCC(CC)C(=N)c1c(CCO)ccnc1Nc1ccc(OC(F)(F)P)cc1. The maximum atomic E-state index is 12.9. The number of aliphatic hydroxyl groups excluding tert-OH is 1. The van der Waals surface area contributed by atoms with Crippen LogP contribution in [0.3, 0.4) is 0 Å². The van der Waals surface area contributed by atoms with E-state index in [-0.39, 0.29) is 18.3 Å². The van der Waals surface area contributed by atoms with E-state index in [1.54, 1.807) is 18.3 Å². The van der Waals surface area contributed by atoms with Crippen molar-refractivity contribution < 1.29 is 18.6 Å². The molecule has 1 atom stereocenters. The predicted molar refractivity (Wildman–Crippen MR) is 111 cm³/mol. The third-order valence-electron chi connectivity index (χ3n) is 4.45. The Morgan fingerprint density at radius 3 is 2.43 bits per heavy atom. The zero-order chi connectivity index (χ0) is 20.7. The van der Waals surface area contributed by atoms with Crippen LogP contribution in [0.5, 0.6) is 5.75 Å². The number of halogens is 2. The van der Waals surface area contributed by atoms with Gasteiger partial charge in [-0.1, -0.05) is 13.8 Å². The third-order valence-corrected chi connectivity index (χ3v) is 4.57. The second-order valence-electron chi connectivity index (χ2n) is 6.41. The van der Waals surface area contributed by atoms with E-state index >= 15 is 0 Å². The topological polar surface area (TPSA) is 78.2 Å². The Balaban J connectivity index is 2.34. The number of hydrogen-bond acceptors (Lipinski definition) is 5. The molecule has 0 amide bonds. The van der Waals surface area contributed by atoms with Crippen LogP contribution in [0.1, 0.15) is 37.8 Å². The van der Waals surface area contributed by atoms with Crippen molar-refractivity contribution in [2.45, 2.75) is 39.0 Å². The van der Waals surface area contributed by atoms with Gasteiger partial charge in [0.2, 0.25) is 0 Å². The molecule has 0 fully saturated rings. The Labute approximate surface area is 166 Å². The first kappa shape index (κ1) is 22.2. The number of rotatable bonds is 10. The summed E-state index contributed by atoms with van der Waals surface area (Å²) in [5.74, 6) is -2.69. The summed E-state index contributed by atoms with van der Waals surface area (Å²) in [5.41, 5.74) is 2.64. The van der Waals surface area contributed by atoms with E-state index in [0.717, 1.165) is 18.4 Å². The lowest BCUT2D eigenvalue weighted by molar-refractivity contribution is -0.0892. The van der Waals surface area contributed by atoms with Crippen molar-refractivity contribution in [2.24, 2.45) is 5.92 Å². The van der Waals surface area contributed by atoms with Gasteiger partial charge < -0.3 is 20.6 Å². The van der Waals surface area contributed by atoms with E-state index in [4.69, 9.17) is 5.41 Å². The van der Waals surface area contributed by atoms with Crippen LogP contribution in [0, 0.1) is 11.3 Å². The lowest BCUT2D eigenvalue weighted by Crippen LogP contribution is -2.18. The zero-order valence-electron chi connectivity index (χ0n) is 16.0. The smallest absolute Gasteiger partial charge is 0.408 e. The fourth-order valence-electron chi connectivity index (χ4n) is 3.03. The van der Waals surface area contributed by atoms with Gasteiger partial charge in [0.15, 0.2) is 0 Å². The fourth-order valence-corrected chi connectivity index (χ4v) is 3.16. The standard InChI is InChI=1S/C20H26F2N3O2P/c1-3-13(4-2)18(23)17-14(10-12-26)9-11-24-19(17)25-15-5-7-16(8-6-15)27-20(21,22)28/h5-9,11,13,23,26H,3-4,10,12,28H2,1-2H3,(H,24,25). The number of nitrogens with zero attached hydrogens (tertiary/aromatic N) is 1. The van der Waals surface area contributed by atoms with Gasteiger partial charge in [-0.2, -0.15) is 8.78 Å². The maximum absolute atomic E-state index is 12.9. The normalized spacial score (nSPS) is 11.5. The monoisotopic (exact) mass is 409 g/mol. The van der Waals surface area contributed by atoms with Crippen molar-refractivity contribution in [3.05, 3.63) is 47.7 Å². The highest BCUT2D eigenvalue weighted by Gasteiger charge is 2.23. The summed E-state index contributed by atoms with van der Waals surface area (Å²) in [6, 6.07) is 7.90. The molecule has 1 unspecified atom stereocenters. The van der Waals surface area contributed by atoms with Crippen molar-refractivity contribution >= 4 is 26.5 Å². The summed E-state index contributed by atoms with van der Waals surface area (Å²) in [5, 5.41) is 21.2. The van der Waals surface area contributed by atoms with Gasteiger partial charge in [0, 0.05) is 35.7 Å². The molecule has 0 bridgehead atoms. The molecular formula is C20H26F2N3O2P. The molecular weight excluding hydrogens is 383 g/mol. The number of nitrogens with one attached hydrogen (secondary N) is 2. The largest absolute Gasteiger partial charge is 0.430 e. The van der Waals surface area contributed by atoms with Crippen LogP contribution < -0.4 is 10.1 Å². The fraction of sp³-hybridized carbons (Fsp3) is 0.400. The summed E-state index contributed by atoms with van der Waals surface area (Å²) in [7, 11) is 1.33. The first-order valence-corrected chi connectivity index (χ1v) is 9.77. The van der Waals surface area contributed by atoms with Crippen LogP contribution in [0.4, 0.5) is 20.3 Å². The molecule has 0 aliphatic heterocycles. The van der Waals surface area contributed by atoms with E-state index in [9.17, 15) is 13.9 Å². The predicted octanol–water partition coefficient (Wildman–Crippen LogP) is 4.97. The van der Waals surface area contributed by atoms with E-state index in [0.29, 0.717) is 29.2 Å². The molecule has 0 radical (unpaired) electrons. The van der Waals surface area contributed by atoms with Crippen LogP contribution in [0.15, 0.2) is 36.5 Å². The zero-order valence-corrected chi connectivity index (χ0v) is 17.2. The molecule has 8 heteroatoms. The first-order chi connectivity index (χ1) is 13.3. The Bertz CT molecular complexity index is 791. The van der Waals surface area contributed by atoms with Crippen molar-refractivity contribution in [3.8, 4) is 5.75 Å². The number of benzene rings is 1. The minimum atomic E-state index is -3.33. The third kappa shape index (κ3) is 5.94. The average Bonchev–Trinajstić information content (AvgIpc) is 2.63. The Hall–Kier alpha value is -2.11. The van der Waals surface area contributed by atoms with Crippen LogP contribution in [0.2, 0.25) is 0 Å². The van der Waals surface area contributed by atoms with Gasteiger partial charge >= 0.3 is 5.85 Å². The molecule has 0 saturated carbocycles. The first-order valence-electron chi connectivity index (χ1n) is 9.19. The number of alkyl halides is 2. The van der Waals surface area contributed by atoms with Gasteiger partial charge in [-0.15, -0.1) is 0 Å². The molecule has 0 saturated heterocycles. The molecule has 152 valence electrons. The minimum absolute atomic E-state index is 0.0259. The summed E-state index contributed by atoms with van der Waals surface area (Å²) < 4.78 is 30.4. The summed E-state index contributed by atoms with van der Waals surface area (Å²) in [6.45, 7) is 4.05. The number of ether oxygens (including phenoxy) is 1. The number of anilines is 2. The van der Waals surface area contributed by atoms with Crippen molar-refractivity contribution in [2.75, 3.05) is 11.9 Å². The van der Waals surface area contributed by atoms with Gasteiger partial charge in [0.1, 0.15) is 11.6 Å². The van der Waals surface area contributed by atoms with Gasteiger partial charge in [0.25, 0.3) is 0 Å². The van der Waals surface area contributed by atoms with Gasteiger partial charge in [-0.3, -0.25) is 0 Å². The van der Waals surface area contributed by atoms with Crippen LogP contribution >= 0.6 is 9.24 Å². The van der Waals surface area contributed by atoms with Crippen molar-refractivity contribution in [1.82, 2.24) is 4.98 Å². The highest BCUT2D eigenvalue weighted by molar-refractivity contribution is 7.17. The van der Waals surface area contributed by atoms with Gasteiger partial charge in [0.05, 0.1) is 0 Å². The molecule has 0 aliphatic carbocycles. The van der Waals surface area contributed by atoms with E-state index in [1.807, 2.05) is 19.9 Å². The van der Waals surface area contributed by atoms with Gasteiger partial charge in [-0.05, 0) is 64.4 Å². The molecule has 0 spiro atoms. The summed E-state index contributed by atoms with van der Waals surface area (Å²) in [6.07, 6.45) is 3.71. The molecule has 2 rings (SSSR count). The molecule has 1 aromatic carbocycles. The van der Waals surface area contributed by atoms with Crippen LogP contribution in [0.25, 0.3) is 0 Å². The molecule has 3 N–H and O–H groups in total. The Morgan fingerprint density at radius 2 is 1.89 bits per heavy atom. The van der Waals surface area contributed by atoms with Crippen LogP contribution in [-0.4, -0.2) is 28.3 Å². The quantitative estimate of drug-likeness (QED) is 0.383. The maximum Gasteiger partial charge on any atom is 0.408 e. The van der Waals surface area contributed by atoms with E-state index in [1.165, 1.54) is 21.4 Å². The molecule has 1 heterocycles. The molecule has 0 aliphatic rings. The average molecular weight is 409 g/mol. The van der Waals surface area contributed by atoms with Crippen LogP contribution in [-0.2, 0) is 6.42 Å². The summed E-state index contributed by atoms with van der Waals surface area (Å²) in [4.78, 5) is 4.38. The summed E-state index contributed by atoms with van der Waals surface area (Å²) >= 11 is 0. The molecule has 5 nitrogen and oxygen atoms in total. The van der Waals surface area contributed by atoms with Gasteiger partial charge in [-0.25, -0.2) is 4.98 Å². The van der Waals surface area contributed by atoms with E-state index in [2.05, 4.69) is 15.0 Å². The van der Waals surface area contributed by atoms with E-state index < -0.39 is 5.85 Å². The number of pyridine rings is 1. The number of hydrogen-bond donors (Lipinski definition) is 3. The lowest BCUT2D eigenvalue weighted by atomic mass is 9.89. The Morgan fingerprint density at radius 1 is 1.25 bits per heavy atom. The minimum Gasteiger partial charge on any atom is -0.430 e. The van der Waals surface area contributed by atoms with Crippen molar-refractivity contribution in [1.29, 1.82) is 5.41 Å². The number of aromatic nitrogens is 1. The second kappa shape index (κ2) is 9.89.